The van der Waals surface area contributed by atoms with Gasteiger partial charge in [-0.25, -0.2) is 0 Å². The zero-order chi connectivity index (χ0) is 15.5. The number of amides is 1. The zero-order valence-electron chi connectivity index (χ0n) is 12.0. The van der Waals surface area contributed by atoms with Crippen molar-refractivity contribution in [3.63, 3.8) is 0 Å². The number of aliphatic carboxylic acids is 1. The van der Waals surface area contributed by atoms with Crippen LogP contribution < -0.4 is 0 Å². The molecule has 0 bridgehead atoms. The van der Waals surface area contributed by atoms with E-state index in [0.717, 1.165) is 24.1 Å². The van der Waals surface area contributed by atoms with Crippen molar-refractivity contribution in [3.8, 4) is 0 Å². The number of aromatic nitrogens is 2. The van der Waals surface area contributed by atoms with Gasteiger partial charge < -0.3 is 10.0 Å². The summed E-state index contributed by atoms with van der Waals surface area (Å²) in [5, 5.41) is 16.0. The lowest BCUT2D eigenvalue weighted by atomic mass is 10.2. The second kappa shape index (κ2) is 6.01. The number of carbonyl (C=O) groups excluding carboxylic acids is 1. The maximum Gasteiger partial charge on any atom is 0.323 e. The predicted molar refractivity (Wildman–Crippen MR) is 79.4 cm³/mol. The van der Waals surface area contributed by atoms with Crippen LogP contribution in [-0.2, 0) is 11.3 Å². The molecule has 2 aromatic rings. The van der Waals surface area contributed by atoms with E-state index in [1.165, 1.54) is 4.90 Å². The molecule has 1 aromatic carbocycles. The lowest BCUT2D eigenvalue weighted by Gasteiger charge is -2.19. The fraction of sp³-hybridized carbons (Fsp3) is 0.312. The fourth-order valence-electron chi connectivity index (χ4n) is 2.38. The van der Waals surface area contributed by atoms with Gasteiger partial charge in [-0.05, 0) is 24.5 Å². The third kappa shape index (κ3) is 3.33. The number of nitrogens with one attached hydrogen (secondary N) is 1. The molecular weight excluding hydrogens is 282 g/mol. The van der Waals surface area contributed by atoms with Gasteiger partial charge in [-0.3, -0.25) is 14.7 Å². The molecule has 6 nitrogen and oxygen atoms in total. The third-order valence-electron chi connectivity index (χ3n) is 3.66. The molecule has 1 aliphatic carbocycles. The molecule has 1 heterocycles. The highest BCUT2D eigenvalue weighted by molar-refractivity contribution is 5.94. The van der Waals surface area contributed by atoms with Crippen LogP contribution in [0.3, 0.4) is 0 Å². The molecule has 0 spiro atoms. The molecule has 114 valence electrons. The highest BCUT2D eigenvalue weighted by Gasteiger charge is 2.28. The van der Waals surface area contributed by atoms with E-state index in [-0.39, 0.29) is 24.7 Å². The van der Waals surface area contributed by atoms with E-state index < -0.39 is 5.97 Å². The normalized spacial score (nSPS) is 13.8. The largest absolute Gasteiger partial charge is 0.480 e. The number of H-pyrrole nitrogens is 1. The molecule has 1 aliphatic rings. The van der Waals surface area contributed by atoms with Crippen LogP contribution in [0, 0.1) is 0 Å². The van der Waals surface area contributed by atoms with Gasteiger partial charge in [0.05, 0.1) is 0 Å². The third-order valence-corrected chi connectivity index (χ3v) is 3.66. The molecule has 0 atom stereocenters. The molecule has 1 fully saturated rings. The average molecular weight is 299 g/mol. The number of aromatic amines is 1. The van der Waals surface area contributed by atoms with Gasteiger partial charge in [0.1, 0.15) is 12.2 Å². The minimum Gasteiger partial charge on any atom is -0.480 e. The number of carboxylic acid groups (broad SMARTS) is 1. The van der Waals surface area contributed by atoms with Crippen LogP contribution in [0.2, 0.25) is 0 Å². The Balaban J connectivity index is 1.77. The number of hydrogen-bond donors (Lipinski definition) is 2. The first-order valence-corrected chi connectivity index (χ1v) is 7.24. The molecule has 22 heavy (non-hydrogen) atoms. The van der Waals surface area contributed by atoms with Crippen molar-refractivity contribution in [3.05, 3.63) is 53.3 Å². The van der Waals surface area contributed by atoms with E-state index in [9.17, 15) is 9.59 Å². The molecule has 0 unspecified atom stereocenters. The Labute approximate surface area is 127 Å². The van der Waals surface area contributed by atoms with Gasteiger partial charge in [0.2, 0.25) is 0 Å². The molecule has 1 amide bonds. The Morgan fingerprint density at radius 1 is 1.27 bits per heavy atom. The van der Waals surface area contributed by atoms with E-state index in [2.05, 4.69) is 10.2 Å². The quantitative estimate of drug-likeness (QED) is 0.854. The van der Waals surface area contributed by atoms with Gasteiger partial charge in [-0.1, -0.05) is 30.3 Å². The molecule has 0 radical (unpaired) electrons. The first kappa shape index (κ1) is 14.3. The van der Waals surface area contributed by atoms with E-state index in [4.69, 9.17) is 5.11 Å². The summed E-state index contributed by atoms with van der Waals surface area (Å²) in [5.74, 6) is -0.937. The molecule has 3 rings (SSSR count). The van der Waals surface area contributed by atoms with Crippen molar-refractivity contribution < 1.29 is 14.7 Å². The van der Waals surface area contributed by atoms with Gasteiger partial charge in [0.15, 0.2) is 0 Å². The molecular formula is C16H17N3O3. The summed E-state index contributed by atoms with van der Waals surface area (Å²) in [6, 6.07) is 11.1. The summed E-state index contributed by atoms with van der Waals surface area (Å²) in [4.78, 5) is 24.9. The first-order valence-electron chi connectivity index (χ1n) is 7.24. The minimum absolute atomic E-state index is 0.248. The topological polar surface area (TPSA) is 86.3 Å². The highest BCUT2D eigenvalue weighted by Crippen LogP contribution is 2.39. The number of hydrogen-bond acceptors (Lipinski definition) is 3. The van der Waals surface area contributed by atoms with E-state index in [1.807, 2.05) is 30.3 Å². The van der Waals surface area contributed by atoms with Gasteiger partial charge in [-0.15, -0.1) is 0 Å². The van der Waals surface area contributed by atoms with Crippen LogP contribution in [0.15, 0.2) is 36.4 Å². The van der Waals surface area contributed by atoms with Crippen molar-refractivity contribution in [2.75, 3.05) is 6.54 Å². The molecule has 2 N–H and O–H groups in total. The van der Waals surface area contributed by atoms with Gasteiger partial charge in [0.25, 0.3) is 5.91 Å². The van der Waals surface area contributed by atoms with Gasteiger partial charge >= 0.3 is 5.97 Å². The summed E-state index contributed by atoms with van der Waals surface area (Å²) in [6.45, 7) is -0.100. The SMILES string of the molecule is O=C(O)CN(Cc1ccccc1)C(=O)c1cc(C2CC2)[nH]n1. The summed E-state index contributed by atoms with van der Waals surface area (Å²) in [6.07, 6.45) is 2.22. The van der Waals surface area contributed by atoms with Crippen LogP contribution in [0.5, 0.6) is 0 Å². The molecule has 0 aliphatic heterocycles. The number of carboxylic acids is 1. The van der Waals surface area contributed by atoms with Crippen molar-refractivity contribution >= 4 is 11.9 Å². The minimum atomic E-state index is -1.04. The first-order chi connectivity index (χ1) is 10.6. The number of rotatable bonds is 6. The molecule has 6 heteroatoms. The number of carbonyl (C=O) groups is 2. The second-order valence-electron chi connectivity index (χ2n) is 5.52. The standard InChI is InChI=1S/C16H17N3O3/c20-15(21)10-19(9-11-4-2-1-3-5-11)16(22)14-8-13(17-18-14)12-6-7-12/h1-5,8,12H,6-7,9-10H2,(H,17,18)(H,20,21). The summed E-state index contributed by atoms with van der Waals surface area (Å²) in [7, 11) is 0. The van der Waals surface area contributed by atoms with Gasteiger partial charge in [-0.2, -0.15) is 5.10 Å². The Bertz CT molecular complexity index is 677. The van der Waals surface area contributed by atoms with Crippen LogP contribution >= 0.6 is 0 Å². The Hall–Kier alpha value is -2.63. The predicted octanol–water partition coefficient (Wildman–Crippen LogP) is 2.01. The summed E-state index contributed by atoms with van der Waals surface area (Å²) >= 11 is 0. The van der Waals surface area contributed by atoms with Crippen molar-refractivity contribution in [1.29, 1.82) is 0 Å². The Kier molecular flexibility index (Phi) is 3.91. The van der Waals surface area contributed by atoms with Gasteiger partial charge in [0, 0.05) is 18.2 Å². The van der Waals surface area contributed by atoms with Crippen molar-refractivity contribution in [2.24, 2.45) is 0 Å². The van der Waals surface area contributed by atoms with Crippen LogP contribution in [0.1, 0.15) is 40.5 Å². The van der Waals surface area contributed by atoms with Crippen LogP contribution in [-0.4, -0.2) is 38.6 Å². The number of benzene rings is 1. The van der Waals surface area contributed by atoms with Crippen molar-refractivity contribution in [2.45, 2.75) is 25.3 Å². The number of nitrogens with zero attached hydrogens (tertiary/aromatic N) is 2. The Morgan fingerprint density at radius 2 is 2.00 bits per heavy atom. The monoisotopic (exact) mass is 299 g/mol. The maximum absolute atomic E-state index is 12.5. The lowest BCUT2D eigenvalue weighted by Crippen LogP contribution is -2.35. The second-order valence-corrected chi connectivity index (χ2v) is 5.52. The fourth-order valence-corrected chi connectivity index (χ4v) is 2.38. The van der Waals surface area contributed by atoms with E-state index in [0.29, 0.717) is 5.92 Å². The maximum atomic E-state index is 12.5. The Morgan fingerprint density at radius 3 is 2.64 bits per heavy atom. The van der Waals surface area contributed by atoms with Crippen LogP contribution in [0.25, 0.3) is 0 Å². The van der Waals surface area contributed by atoms with Crippen molar-refractivity contribution in [1.82, 2.24) is 15.1 Å². The molecule has 1 aromatic heterocycles. The smallest absolute Gasteiger partial charge is 0.323 e. The zero-order valence-corrected chi connectivity index (χ0v) is 12.0. The molecule has 0 saturated heterocycles. The molecule has 1 saturated carbocycles. The van der Waals surface area contributed by atoms with E-state index in [1.54, 1.807) is 6.07 Å². The summed E-state index contributed by atoms with van der Waals surface area (Å²) in [5.41, 5.74) is 2.12. The van der Waals surface area contributed by atoms with Crippen LogP contribution in [0.4, 0.5) is 0 Å². The average Bonchev–Trinajstić information content (AvgIpc) is 3.24. The lowest BCUT2D eigenvalue weighted by molar-refractivity contribution is -0.137. The van der Waals surface area contributed by atoms with E-state index >= 15 is 0 Å². The highest BCUT2D eigenvalue weighted by atomic mass is 16.4. The summed E-state index contributed by atoms with van der Waals surface area (Å²) < 4.78 is 0.